The van der Waals surface area contributed by atoms with Crippen molar-refractivity contribution >= 4 is 15.7 Å². The Kier molecular flexibility index (Phi) is 3.88. The quantitative estimate of drug-likeness (QED) is 0.925. The molecule has 20 heavy (non-hydrogen) atoms. The van der Waals surface area contributed by atoms with E-state index in [-0.39, 0.29) is 23.0 Å². The Balaban J connectivity index is 2.36. The van der Waals surface area contributed by atoms with Crippen LogP contribution in [0.1, 0.15) is 51.4 Å². The Hall–Kier alpha value is -1.04. The Morgan fingerprint density at radius 3 is 2.50 bits per heavy atom. The number of nitrogens with two attached hydrogens (primary N) is 1. The molecule has 6 heteroatoms. The van der Waals surface area contributed by atoms with Gasteiger partial charge in [0.25, 0.3) is 0 Å². The van der Waals surface area contributed by atoms with Crippen molar-refractivity contribution in [3.63, 3.8) is 0 Å². The molecule has 1 atom stereocenters. The van der Waals surface area contributed by atoms with Crippen LogP contribution >= 0.6 is 0 Å². The van der Waals surface area contributed by atoms with E-state index in [9.17, 15) is 8.42 Å². The van der Waals surface area contributed by atoms with Gasteiger partial charge in [0.1, 0.15) is 5.82 Å². The summed E-state index contributed by atoms with van der Waals surface area (Å²) in [5, 5.41) is 4.64. The molecule has 2 N–H and O–H groups in total. The first-order valence-corrected chi connectivity index (χ1v) is 9.01. The standard InChI is InChI=1S/C14H25N3O2S/c1-5-11-12(8-14(2,3)4)16-17(13(11)15)10-6-7-20(18,19)9-10/h10H,5-9,15H2,1-4H3. The van der Waals surface area contributed by atoms with Gasteiger partial charge in [0.2, 0.25) is 0 Å². The third-order valence-corrected chi connectivity index (χ3v) is 5.49. The van der Waals surface area contributed by atoms with Gasteiger partial charge in [-0.25, -0.2) is 13.1 Å². The molecular formula is C14H25N3O2S. The lowest BCUT2D eigenvalue weighted by atomic mass is 9.89. The van der Waals surface area contributed by atoms with Crippen LogP contribution in [0, 0.1) is 5.41 Å². The molecule has 1 unspecified atom stereocenters. The summed E-state index contributed by atoms with van der Waals surface area (Å²) in [7, 11) is -2.92. The normalized spacial score (nSPS) is 22.3. The van der Waals surface area contributed by atoms with Crippen molar-refractivity contribution in [2.24, 2.45) is 5.41 Å². The number of aromatic nitrogens is 2. The zero-order valence-electron chi connectivity index (χ0n) is 12.8. The van der Waals surface area contributed by atoms with Crippen molar-refractivity contribution in [1.82, 2.24) is 9.78 Å². The smallest absolute Gasteiger partial charge is 0.152 e. The minimum absolute atomic E-state index is 0.0981. The summed E-state index contributed by atoms with van der Waals surface area (Å²) >= 11 is 0. The largest absolute Gasteiger partial charge is 0.384 e. The second-order valence-corrected chi connectivity index (χ2v) is 9.13. The van der Waals surface area contributed by atoms with E-state index in [2.05, 4.69) is 32.8 Å². The van der Waals surface area contributed by atoms with Crippen LogP contribution < -0.4 is 5.73 Å². The lowest BCUT2D eigenvalue weighted by molar-refractivity contribution is 0.399. The van der Waals surface area contributed by atoms with Crippen LogP contribution in [0.5, 0.6) is 0 Å². The Morgan fingerprint density at radius 2 is 2.05 bits per heavy atom. The van der Waals surface area contributed by atoms with E-state index in [1.165, 1.54) is 0 Å². The maximum atomic E-state index is 11.6. The van der Waals surface area contributed by atoms with Crippen LogP contribution in [0.2, 0.25) is 0 Å². The number of nitrogen functional groups attached to an aromatic ring is 1. The summed E-state index contributed by atoms with van der Waals surface area (Å²) in [5.74, 6) is 1.05. The van der Waals surface area contributed by atoms with Gasteiger partial charge in [-0.2, -0.15) is 5.10 Å². The molecule has 1 saturated heterocycles. The van der Waals surface area contributed by atoms with E-state index in [4.69, 9.17) is 5.73 Å². The van der Waals surface area contributed by atoms with Gasteiger partial charge in [0.05, 0.1) is 23.2 Å². The molecule has 2 rings (SSSR count). The van der Waals surface area contributed by atoms with Crippen LogP contribution in [0.15, 0.2) is 0 Å². The molecule has 1 aromatic rings. The van der Waals surface area contributed by atoms with Crippen molar-refractivity contribution in [3.8, 4) is 0 Å². The Labute approximate surface area is 121 Å². The van der Waals surface area contributed by atoms with Gasteiger partial charge in [-0.05, 0) is 24.7 Å². The number of anilines is 1. The summed E-state index contributed by atoms with van der Waals surface area (Å²) in [6.07, 6.45) is 2.30. The molecule has 5 nitrogen and oxygen atoms in total. The van der Waals surface area contributed by atoms with Crippen molar-refractivity contribution in [3.05, 3.63) is 11.3 Å². The highest BCUT2D eigenvalue weighted by Gasteiger charge is 2.32. The SMILES string of the molecule is CCc1c(CC(C)(C)C)nn(C2CCS(=O)(=O)C2)c1N. The van der Waals surface area contributed by atoms with E-state index in [0.29, 0.717) is 12.2 Å². The van der Waals surface area contributed by atoms with E-state index in [1.807, 2.05) is 0 Å². The van der Waals surface area contributed by atoms with Gasteiger partial charge in [-0.1, -0.05) is 27.7 Å². The van der Waals surface area contributed by atoms with E-state index in [0.717, 1.165) is 24.1 Å². The second-order valence-electron chi connectivity index (χ2n) is 6.90. The third-order valence-electron chi connectivity index (χ3n) is 3.74. The fourth-order valence-electron chi connectivity index (χ4n) is 2.81. The average Bonchev–Trinajstić information content (AvgIpc) is 2.77. The predicted octanol–water partition coefficient (Wildman–Crippen LogP) is 1.98. The zero-order valence-corrected chi connectivity index (χ0v) is 13.6. The van der Waals surface area contributed by atoms with E-state index >= 15 is 0 Å². The molecule has 0 aliphatic carbocycles. The lowest BCUT2D eigenvalue weighted by Gasteiger charge is -2.17. The molecule has 1 aliphatic rings. The summed E-state index contributed by atoms with van der Waals surface area (Å²) in [6, 6.07) is -0.0981. The molecule has 114 valence electrons. The first-order chi connectivity index (χ1) is 9.13. The minimum atomic E-state index is -2.92. The molecule has 0 amide bonds. The van der Waals surface area contributed by atoms with Crippen molar-refractivity contribution in [1.29, 1.82) is 0 Å². The van der Waals surface area contributed by atoms with Gasteiger partial charge in [-0.15, -0.1) is 0 Å². The molecule has 0 radical (unpaired) electrons. The lowest BCUT2D eigenvalue weighted by Crippen LogP contribution is -2.15. The van der Waals surface area contributed by atoms with Crippen LogP contribution in [0.4, 0.5) is 5.82 Å². The van der Waals surface area contributed by atoms with Gasteiger partial charge in [0, 0.05) is 5.56 Å². The third kappa shape index (κ3) is 3.16. The number of sulfone groups is 1. The monoisotopic (exact) mass is 299 g/mol. The van der Waals surface area contributed by atoms with Gasteiger partial charge in [0.15, 0.2) is 9.84 Å². The summed E-state index contributed by atoms with van der Waals surface area (Å²) < 4.78 is 25.0. The molecule has 1 fully saturated rings. The molecular weight excluding hydrogens is 274 g/mol. The van der Waals surface area contributed by atoms with Crippen molar-refractivity contribution in [2.75, 3.05) is 17.2 Å². The second kappa shape index (κ2) is 5.06. The number of rotatable bonds is 3. The topological polar surface area (TPSA) is 78.0 Å². The molecule has 0 saturated carbocycles. The first kappa shape index (κ1) is 15.4. The van der Waals surface area contributed by atoms with Gasteiger partial charge >= 0.3 is 0 Å². The maximum absolute atomic E-state index is 11.6. The Bertz CT molecular complexity index is 597. The minimum Gasteiger partial charge on any atom is -0.384 e. The number of nitrogens with zero attached hydrogens (tertiary/aromatic N) is 2. The van der Waals surface area contributed by atoms with Crippen molar-refractivity contribution < 1.29 is 8.42 Å². The summed E-state index contributed by atoms with van der Waals surface area (Å²) in [6.45, 7) is 8.57. The molecule has 0 spiro atoms. The summed E-state index contributed by atoms with van der Waals surface area (Å²) in [5.41, 5.74) is 8.43. The van der Waals surface area contributed by atoms with Crippen LogP contribution in [0.25, 0.3) is 0 Å². The van der Waals surface area contributed by atoms with Crippen molar-refractivity contribution in [2.45, 2.75) is 53.0 Å². The Morgan fingerprint density at radius 1 is 1.40 bits per heavy atom. The van der Waals surface area contributed by atoms with E-state index in [1.54, 1.807) is 4.68 Å². The van der Waals surface area contributed by atoms with Gasteiger partial charge in [-0.3, -0.25) is 0 Å². The van der Waals surface area contributed by atoms with Crippen LogP contribution in [-0.4, -0.2) is 29.7 Å². The molecule has 1 aromatic heterocycles. The average molecular weight is 299 g/mol. The highest BCUT2D eigenvalue weighted by molar-refractivity contribution is 7.91. The fourth-order valence-corrected chi connectivity index (χ4v) is 4.50. The highest BCUT2D eigenvalue weighted by atomic mass is 32.2. The van der Waals surface area contributed by atoms with Crippen LogP contribution in [-0.2, 0) is 22.7 Å². The molecule has 2 heterocycles. The predicted molar refractivity (Wildman–Crippen MR) is 81.5 cm³/mol. The number of hydrogen-bond donors (Lipinski definition) is 1. The highest BCUT2D eigenvalue weighted by Crippen LogP contribution is 2.31. The fraction of sp³-hybridized carbons (Fsp3) is 0.786. The van der Waals surface area contributed by atoms with Crippen LogP contribution in [0.3, 0.4) is 0 Å². The summed E-state index contributed by atoms with van der Waals surface area (Å²) in [4.78, 5) is 0. The molecule has 0 bridgehead atoms. The van der Waals surface area contributed by atoms with E-state index < -0.39 is 9.84 Å². The maximum Gasteiger partial charge on any atom is 0.152 e. The molecule has 0 aromatic carbocycles. The first-order valence-electron chi connectivity index (χ1n) is 7.19. The molecule has 1 aliphatic heterocycles. The zero-order chi connectivity index (χ0) is 15.1. The van der Waals surface area contributed by atoms with Gasteiger partial charge < -0.3 is 5.73 Å². The number of hydrogen-bond acceptors (Lipinski definition) is 4.